The summed E-state index contributed by atoms with van der Waals surface area (Å²) >= 11 is 0. The first-order chi connectivity index (χ1) is 11.1. The molecule has 8 nitrogen and oxygen atoms in total. The molecule has 2 aromatic heterocycles. The second kappa shape index (κ2) is 8.04. The number of aromatic nitrogens is 3. The van der Waals surface area contributed by atoms with Crippen molar-refractivity contribution in [2.24, 2.45) is 7.05 Å². The molecule has 0 aliphatic rings. The quantitative estimate of drug-likeness (QED) is 0.678. The predicted octanol–water partition coefficient (Wildman–Crippen LogP) is 0.221. The fourth-order valence-corrected chi connectivity index (χ4v) is 2.10. The Labute approximate surface area is 134 Å². The van der Waals surface area contributed by atoms with Gasteiger partial charge in [-0.25, -0.2) is 0 Å². The minimum absolute atomic E-state index is 0.168. The molecular weight excluding hydrogens is 296 g/mol. The van der Waals surface area contributed by atoms with Crippen molar-refractivity contribution < 1.29 is 9.59 Å². The summed E-state index contributed by atoms with van der Waals surface area (Å²) in [7, 11) is 3.49. The maximum atomic E-state index is 12.2. The Hall–Kier alpha value is -2.74. The molecule has 0 spiro atoms. The molecule has 0 radical (unpaired) electrons. The van der Waals surface area contributed by atoms with E-state index in [0.29, 0.717) is 5.69 Å². The van der Waals surface area contributed by atoms with E-state index in [9.17, 15) is 9.59 Å². The van der Waals surface area contributed by atoms with Crippen LogP contribution in [0, 0.1) is 0 Å². The van der Waals surface area contributed by atoms with E-state index in [-0.39, 0.29) is 24.8 Å². The molecule has 3 N–H and O–H groups in total. The van der Waals surface area contributed by atoms with Crippen LogP contribution in [0.3, 0.4) is 0 Å². The third kappa shape index (κ3) is 4.89. The number of aryl methyl sites for hydroxylation is 1. The van der Waals surface area contributed by atoms with Gasteiger partial charge in [0, 0.05) is 49.9 Å². The summed E-state index contributed by atoms with van der Waals surface area (Å²) in [6, 6.07) is 2.92. The molecule has 0 aromatic carbocycles. The summed E-state index contributed by atoms with van der Waals surface area (Å²) < 4.78 is 1.63. The van der Waals surface area contributed by atoms with Gasteiger partial charge < -0.3 is 16.0 Å². The number of hydrogen-bond acceptors (Lipinski definition) is 5. The Bertz CT molecular complexity index is 655. The first-order valence-corrected chi connectivity index (χ1v) is 7.23. The number of anilines is 1. The van der Waals surface area contributed by atoms with Crippen LogP contribution in [-0.4, -0.2) is 40.2 Å². The van der Waals surface area contributed by atoms with Crippen molar-refractivity contribution in [3.63, 3.8) is 0 Å². The number of carbonyl (C=O) groups excluding carboxylic acids is 2. The van der Waals surface area contributed by atoms with E-state index in [1.54, 1.807) is 55.7 Å². The first kappa shape index (κ1) is 16.6. The number of likely N-dealkylation sites (N-methyl/N-ethyl adjacent to an activating group) is 1. The lowest BCUT2D eigenvalue weighted by molar-refractivity contribution is -0.123. The van der Waals surface area contributed by atoms with E-state index in [2.05, 4.69) is 26.0 Å². The van der Waals surface area contributed by atoms with Gasteiger partial charge in [0.25, 0.3) is 0 Å². The number of pyridine rings is 1. The molecule has 2 heterocycles. The lowest BCUT2D eigenvalue weighted by Gasteiger charge is -2.14. The molecule has 2 rings (SSSR count). The zero-order chi connectivity index (χ0) is 16.7. The van der Waals surface area contributed by atoms with Gasteiger partial charge >= 0.3 is 0 Å². The Kier molecular flexibility index (Phi) is 5.81. The summed E-state index contributed by atoms with van der Waals surface area (Å²) in [5.41, 5.74) is 1.45. The van der Waals surface area contributed by atoms with Crippen LogP contribution in [0.25, 0.3) is 0 Å². The topological polar surface area (TPSA) is 101 Å². The van der Waals surface area contributed by atoms with Crippen molar-refractivity contribution in [3.8, 4) is 0 Å². The summed E-state index contributed by atoms with van der Waals surface area (Å²) in [5.74, 6) is -0.365. The van der Waals surface area contributed by atoms with E-state index < -0.39 is 6.04 Å². The average molecular weight is 316 g/mol. The van der Waals surface area contributed by atoms with Crippen LogP contribution in [0.1, 0.15) is 18.0 Å². The van der Waals surface area contributed by atoms with Gasteiger partial charge in [0.2, 0.25) is 11.8 Å². The monoisotopic (exact) mass is 316 g/mol. The fraction of sp³-hybridized carbons (Fsp3) is 0.333. The number of nitrogens with zero attached hydrogens (tertiary/aromatic N) is 3. The van der Waals surface area contributed by atoms with Crippen LogP contribution in [0.4, 0.5) is 5.69 Å². The van der Waals surface area contributed by atoms with Gasteiger partial charge in [-0.05, 0) is 19.2 Å². The molecular formula is C15H20N6O2. The van der Waals surface area contributed by atoms with Gasteiger partial charge in [-0.1, -0.05) is 0 Å². The highest BCUT2D eigenvalue weighted by molar-refractivity contribution is 5.91. The molecule has 0 saturated heterocycles. The highest BCUT2D eigenvalue weighted by atomic mass is 16.2. The number of rotatable bonds is 7. The summed E-state index contributed by atoms with van der Waals surface area (Å²) in [6.45, 7) is 0.258. The summed E-state index contributed by atoms with van der Waals surface area (Å²) in [5, 5.41) is 12.5. The lowest BCUT2D eigenvalue weighted by Crippen LogP contribution is -2.37. The van der Waals surface area contributed by atoms with Gasteiger partial charge in [0.15, 0.2) is 0 Å². The molecule has 0 saturated carbocycles. The number of amides is 2. The Morgan fingerprint density at radius 2 is 2.04 bits per heavy atom. The number of carbonyl (C=O) groups is 2. The molecule has 2 amide bonds. The molecule has 1 unspecified atom stereocenters. The standard InChI is InChI=1S/C15H20N6O2/c1-16-14(11-9-19-21(2)10-11)15(23)18-8-5-13(22)20-12-3-6-17-7-4-12/h3-4,6-7,9-10,14,16H,5,8H2,1-2H3,(H,18,23)(H,17,20,22). The summed E-state index contributed by atoms with van der Waals surface area (Å²) in [4.78, 5) is 27.8. The largest absolute Gasteiger partial charge is 0.354 e. The van der Waals surface area contributed by atoms with Gasteiger partial charge in [-0.15, -0.1) is 0 Å². The Balaban J connectivity index is 1.78. The zero-order valence-electron chi connectivity index (χ0n) is 13.1. The van der Waals surface area contributed by atoms with Gasteiger partial charge in [-0.2, -0.15) is 5.10 Å². The van der Waals surface area contributed by atoms with Crippen molar-refractivity contribution in [3.05, 3.63) is 42.5 Å². The zero-order valence-corrected chi connectivity index (χ0v) is 13.1. The molecule has 23 heavy (non-hydrogen) atoms. The third-order valence-corrected chi connectivity index (χ3v) is 3.22. The van der Waals surface area contributed by atoms with Crippen LogP contribution >= 0.6 is 0 Å². The van der Waals surface area contributed by atoms with Crippen molar-refractivity contribution in [1.82, 2.24) is 25.4 Å². The minimum Gasteiger partial charge on any atom is -0.354 e. The molecule has 0 aliphatic heterocycles. The van der Waals surface area contributed by atoms with Crippen molar-refractivity contribution in [2.45, 2.75) is 12.5 Å². The molecule has 0 bridgehead atoms. The second-order valence-electron chi connectivity index (χ2n) is 4.99. The molecule has 0 aliphatic carbocycles. The van der Waals surface area contributed by atoms with Crippen molar-refractivity contribution in [1.29, 1.82) is 0 Å². The highest BCUT2D eigenvalue weighted by Crippen LogP contribution is 2.11. The Morgan fingerprint density at radius 1 is 1.30 bits per heavy atom. The maximum absolute atomic E-state index is 12.2. The summed E-state index contributed by atoms with van der Waals surface area (Å²) in [6.07, 6.45) is 6.80. The maximum Gasteiger partial charge on any atom is 0.241 e. The molecule has 122 valence electrons. The first-order valence-electron chi connectivity index (χ1n) is 7.23. The van der Waals surface area contributed by atoms with Crippen LogP contribution < -0.4 is 16.0 Å². The number of hydrogen-bond donors (Lipinski definition) is 3. The molecule has 1 atom stereocenters. The van der Waals surface area contributed by atoms with E-state index in [1.807, 2.05) is 0 Å². The SMILES string of the molecule is CNC(C(=O)NCCC(=O)Nc1ccncc1)c1cnn(C)c1. The molecule has 0 fully saturated rings. The normalized spacial score (nSPS) is 11.7. The van der Waals surface area contributed by atoms with E-state index in [1.165, 1.54) is 0 Å². The lowest BCUT2D eigenvalue weighted by atomic mass is 10.1. The van der Waals surface area contributed by atoms with Gasteiger partial charge in [0.1, 0.15) is 6.04 Å². The minimum atomic E-state index is -0.494. The fourth-order valence-electron chi connectivity index (χ4n) is 2.10. The van der Waals surface area contributed by atoms with E-state index >= 15 is 0 Å². The van der Waals surface area contributed by atoms with Gasteiger partial charge in [0.05, 0.1) is 6.20 Å². The van der Waals surface area contributed by atoms with Crippen molar-refractivity contribution >= 4 is 17.5 Å². The van der Waals surface area contributed by atoms with Crippen LogP contribution in [0.2, 0.25) is 0 Å². The van der Waals surface area contributed by atoms with Crippen LogP contribution in [-0.2, 0) is 16.6 Å². The van der Waals surface area contributed by atoms with Crippen molar-refractivity contribution in [2.75, 3.05) is 18.9 Å². The molecule has 8 heteroatoms. The highest BCUT2D eigenvalue weighted by Gasteiger charge is 2.19. The third-order valence-electron chi connectivity index (χ3n) is 3.22. The number of nitrogens with one attached hydrogen (secondary N) is 3. The Morgan fingerprint density at radius 3 is 2.65 bits per heavy atom. The van der Waals surface area contributed by atoms with Crippen LogP contribution in [0.5, 0.6) is 0 Å². The van der Waals surface area contributed by atoms with Gasteiger partial charge in [-0.3, -0.25) is 19.3 Å². The smallest absolute Gasteiger partial charge is 0.241 e. The van der Waals surface area contributed by atoms with E-state index in [0.717, 1.165) is 5.56 Å². The molecule has 2 aromatic rings. The predicted molar refractivity (Wildman–Crippen MR) is 85.5 cm³/mol. The second-order valence-corrected chi connectivity index (χ2v) is 4.99. The van der Waals surface area contributed by atoms with E-state index in [4.69, 9.17) is 0 Å². The van der Waals surface area contributed by atoms with Crippen LogP contribution in [0.15, 0.2) is 36.9 Å². The average Bonchev–Trinajstić information content (AvgIpc) is 2.95.